The van der Waals surface area contributed by atoms with Crippen molar-refractivity contribution in [3.05, 3.63) is 131 Å². The van der Waals surface area contributed by atoms with Gasteiger partial charge in [0.05, 0.1) is 17.6 Å². The van der Waals surface area contributed by atoms with E-state index in [2.05, 4.69) is 5.32 Å². The van der Waals surface area contributed by atoms with Gasteiger partial charge < -0.3 is 15.5 Å². The molecule has 1 fully saturated rings. The van der Waals surface area contributed by atoms with Gasteiger partial charge in [0.15, 0.2) is 0 Å². The summed E-state index contributed by atoms with van der Waals surface area (Å²) < 4.78 is 27.3. The minimum atomic E-state index is -1.16. The number of aromatic carboxylic acids is 1. The van der Waals surface area contributed by atoms with Gasteiger partial charge in [0.25, 0.3) is 0 Å². The number of carboxylic acid groups (broad SMARTS) is 1. The molecule has 3 atom stereocenters. The Morgan fingerprint density at radius 1 is 0.895 bits per heavy atom. The first-order valence-corrected chi connectivity index (χ1v) is 12.2. The van der Waals surface area contributed by atoms with Crippen LogP contribution in [-0.4, -0.2) is 22.1 Å². The Hall–Kier alpha value is -4.36. The molecule has 1 aliphatic rings. The lowest BCUT2D eigenvalue weighted by molar-refractivity contribution is -0.140. The van der Waals surface area contributed by atoms with Crippen LogP contribution >= 0.6 is 0 Å². The Labute approximate surface area is 218 Å². The number of aliphatic hydroxyl groups excluding tert-OH is 1. The van der Waals surface area contributed by atoms with Gasteiger partial charge in [-0.3, -0.25) is 4.79 Å². The van der Waals surface area contributed by atoms with Crippen molar-refractivity contribution in [1.82, 2.24) is 5.32 Å². The number of carbonyl (C=O) groups is 2. The number of β-lactam (4-membered cyclic amide) rings is 1. The number of halogens is 2. The van der Waals surface area contributed by atoms with E-state index in [1.54, 1.807) is 24.3 Å². The normalized spacial score (nSPS) is 19.3. The monoisotopic (exact) mass is 513 g/mol. The van der Waals surface area contributed by atoms with Gasteiger partial charge in [-0.2, -0.15) is 0 Å². The first kappa shape index (κ1) is 25.3. The topological polar surface area (TPSA) is 86.6 Å². The van der Waals surface area contributed by atoms with Gasteiger partial charge in [0, 0.05) is 0 Å². The fourth-order valence-corrected chi connectivity index (χ4v) is 5.28. The maximum absolute atomic E-state index is 13.9. The van der Waals surface area contributed by atoms with Gasteiger partial charge >= 0.3 is 5.97 Å². The van der Waals surface area contributed by atoms with Crippen LogP contribution in [0.1, 0.15) is 46.0 Å². The molecule has 0 unspecified atom stereocenters. The molecule has 5 rings (SSSR count). The zero-order valence-corrected chi connectivity index (χ0v) is 20.3. The number of carbonyl (C=O) groups excluding carboxylic acids is 1. The predicted molar refractivity (Wildman–Crippen MR) is 138 cm³/mol. The first-order chi connectivity index (χ1) is 18.3. The molecule has 0 aromatic heterocycles. The minimum Gasteiger partial charge on any atom is -0.478 e. The van der Waals surface area contributed by atoms with E-state index in [0.717, 1.165) is 11.1 Å². The third-order valence-corrected chi connectivity index (χ3v) is 7.22. The number of carboxylic acids is 1. The Morgan fingerprint density at radius 2 is 1.53 bits per heavy atom. The second-order valence-electron chi connectivity index (χ2n) is 9.43. The van der Waals surface area contributed by atoms with Crippen LogP contribution in [0.25, 0.3) is 11.1 Å². The number of rotatable bonds is 8. The van der Waals surface area contributed by atoms with Crippen LogP contribution in [0.3, 0.4) is 0 Å². The molecule has 4 aromatic rings. The Kier molecular flexibility index (Phi) is 6.78. The van der Waals surface area contributed by atoms with Crippen LogP contribution in [0.2, 0.25) is 0 Å². The zero-order chi connectivity index (χ0) is 26.9. The largest absolute Gasteiger partial charge is 0.478 e. The highest BCUT2D eigenvalue weighted by atomic mass is 19.1. The number of amides is 1. The van der Waals surface area contributed by atoms with Crippen LogP contribution in [0, 0.1) is 17.6 Å². The quantitative estimate of drug-likeness (QED) is 0.259. The van der Waals surface area contributed by atoms with E-state index in [0.29, 0.717) is 16.7 Å². The molecule has 1 amide bonds. The smallest absolute Gasteiger partial charge is 0.335 e. The molecular weight excluding hydrogens is 488 g/mol. The Morgan fingerprint density at radius 3 is 2.13 bits per heavy atom. The second-order valence-corrected chi connectivity index (χ2v) is 9.43. The van der Waals surface area contributed by atoms with Crippen LogP contribution < -0.4 is 5.32 Å². The van der Waals surface area contributed by atoms with Crippen LogP contribution in [0.5, 0.6) is 0 Å². The number of benzene rings is 4. The van der Waals surface area contributed by atoms with Gasteiger partial charge in [-0.15, -0.1) is 0 Å². The van der Waals surface area contributed by atoms with Gasteiger partial charge in [-0.05, 0) is 77.1 Å². The predicted octanol–water partition coefficient (Wildman–Crippen LogP) is 5.83. The number of nitrogens with one attached hydrogen (secondary N) is 1. The first-order valence-electron chi connectivity index (χ1n) is 12.2. The van der Waals surface area contributed by atoms with E-state index >= 15 is 0 Å². The summed E-state index contributed by atoms with van der Waals surface area (Å²) in [5, 5.41) is 23.6. The van der Waals surface area contributed by atoms with Crippen molar-refractivity contribution in [2.45, 2.75) is 24.5 Å². The van der Waals surface area contributed by atoms with Crippen LogP contribution in [0.4, 0.5) is 8.78 Å². The molecule has 0 bridgehead atoms. The third kappa shape index (κ3) is 4.57. The summed E-state index contributed by atoms with van der Waals surface area (Å²) in [5.41, 5.74) is 2.12. The number of hydrogen-bond donors (Lipinski definition) is 3. The van der Waals surface area contributed by atoms with Crippen molar-refractivity contribution in [3.8, 4) is 11.1 Å². The second kappa shape index (κ2) is 10.2. The molecule has 1 heterocycles. The summed E-state index contributed by atoms with van der Waals surface area (Å²) in [5.74, 6) is -2.93. The summed E-state index contributed by atoms with van der Waals surface area (Å²) >= 11 is 0. The van der Waals surface area contributed by atoms with E-state index < -0.39 is 35.2 Å². The molecule has 192 valence electrons. The van der Waals surface area contributed by atoms with Gasteiger partial charge in [-0.1, -0.05) is 60.7 Å². The van der Waals surface area contributed by atoms with E-state index in [1.807, 2.05) is 30.3 Å². The molecule has 4 aromatic carbocycles. The van der Waals surface area contributed by atoms with E-state index in [-0.39, 0.29) is 24.3 Å². The molecule has 0 radical (unpaired) electrons. The van der Waals surface area contributed by atoms with Crippen molar-refractivity contribution >= 4 is 11.9 Å². The van der Waals surface area contributed by atoms with E-state index in [4.69, 9.17) is 0 Å². The summed E-state index contributed by atoms with van der Waals surface area (Å²) in [6.45, 7) is 0. The molecule has 0 saturated carbocycles. The maximum Gasteiger partial charge on any atom is 0.335 e. The maximum atomic E-state index is 13.9. The van der Waals surface area contributed by atoms with Crippen molar-refractivity contribution in [2.24, 2.45) is 5.92 Å². The summed E-state index contributed by atoms with van der Waals surface area (Å²) in [4.78, 5) is 25.0. The lowest BCUT2D eigenvalue weighted by atomic mass is 9.63. The average molecular weight is 514 g/mol. The average Bonchev–Trinajstić information content (AvgIpc) is 2.92. The molecule has 5 nitrogen and oxygen atoms in total. The standard InChI is InChI=1S/C31H25F2NO4/c32-23-11-6-20(7-12-23)28(35)17-16-26-29(36)34-31(26,22-9-13-24(33)14-10-22)27-18-21(30(37)38)8-15-25(27)19-4-2-1-3-5-19/h1-15,18,26,28,35H,16-17H2,(H,34,36)(H,37,38)/t26-,28-,31+/m0/s1. The molecule has 3 N–H and O–H groups in total. The van der Waals surface area contributed by atoms with E-state index in [1.165, 1.54) is 42.5 Å². The molecule has 0 aliphatic carbocycles. The van der Waals surface area contributed by atoms with Crippen LogP contribution in [-0.2, 0) is 10.3 Å². The minimum absolute atomic E-state index is 0.0485. The number of hydrogen-bond acceptors (Lipinski definition) is 3. The molecular formula is C31H25F2NO4. The lowest BCUT2D eigenvalue weighted by Crippen LogP contribution is -2.67. The van der Waals surface area contributed by atoms with Gasteiger partial charge in [0.2, 0.25) is 5.91 Å². The van der Waals surface area contributed by atoms with Crippen molar-refractivity contribution in [3.63, 3.8) is 0 Å². The SMILES string of the molecule is O=C(O)c1ccc(-c2ccccc2)c([C@]2(c3ccc(F)cc3)NC(=O)[C@@H]2CC[C@H](O)c2ccc(F)cc2)c1. The Balaban J connectivity index is 1.62. The highest BCUT2D eigenvalue weighted by Crippen LogP contribution is 2.49. The molecule has 0 spiro atoms. The van der Waals surface area contributed by atoms with Gasteiger partial charge in [-0.25, -0.2) is 13.6 Å². The summed E-state index contributed by atoms with van der Waals surface area (Å²) in [6, 6.07) is 25.5. The fraction of sp³-hybridized carbons (Fsp3) is 0.161. The molecule has 1 saturated heterocycles. The van der Waals surface area contributed by atoms with Crippen molar-refractivity contribution in [2.75, 3.05) is 0 Å². The number of aliphatic hydroxyl groups is 1. The van der Waals surface area contributed by atoms with E-state index in [9.17, 15) is 28.6 Å². The van der Waals surface area contributed by atoms with Crippen molar-refractivity contribution in [1.29, 1.82) is 0 Å². The third-order valence-electron chi connectivity index (χ3n) is 7.22. The van der Waals surface area contributed by atoms with Crippen LogP contribution in [0.15, 0.2) is 97.1 Å². The lowest BCUT2D eigenvalue weighted by Gasteiger charge is -2.51. The molecule has 7 heteroatoms. The molecule has 1 aliphatic heterocycles. The highest BCUT2D eigenvalue weighted by molar-refractivity contribution is 5.94. The van der Waals surface area contributed by atoms with Crippen molar-refractivity contribution < 1.29 is 28.6 Å². The summed E-state index contributed by atoms with van der Waals surface area (Å²) in [6.07, 6.45) is -0.493. The van der Waals surface area contributed by atoms with Gasteiger partial charge in [0.1, 0.15) is 17.2 Å². The fourth-order valence-electron chi connectivity index (χ4n) is 5.28. The summed E-state index contributed by atoms with van der Waals surface area (Å²) in [7, 11) is 0. The zero-order valence-electron chi connectivity index (χ0n) is 20.3. The highest BCUT2D eigenvalue weighted by Gasteiger charge is 2.56. The Bertz CT molecular complexity index is 1470. The molecule has 38 heavy (non-hydrogen) atoms.